The minimum atomic E-state index is 0. The summed E-state index contributed by atoms with van der Waals surface area (Å²) < 4.78 is 0.102. The second-order valence-electron chi connectivity index (χ2n) is 0.523. The van der Waals surface area contributed by atoms with Crippen molar-refractivity contribution in [1.82, 2.24) is 0 Å². The van der Waals surface area contributed by atoms with E-state index in [0.29, 0.717) is 0 Å². The smallest absolute Gasteiger partial charge is 0 e. The SMILES string of the molecule is C=C[C](=O)[W].[Cu].[Cu]. The molecule has 2 radical (unpaired) electrons. The molecule has 0 bridgehead atoms. The summed E-state index contributed by atoms with van der Waals surface area (Å²) in [6, 6.07) is 0. The molecule has 0 aliphatic rings. The van der Waals surface area contributed by atoms with E-state index in [1.165, 1.54) is 6.08 Å². The summed E-state index contributed by atoms with van der Waals surface area (Å²) >= 11 is 0.954. The van der Waals surface area contributed by atoms with Gasteiger partial charge in [-0.3, -0.25) is 0 Å². The van der Waals surface area contributed by atoms with E-state index >= 15 is 0 Å². The summed E-state index contributed by atoms with van der Waals surface area (Å²) in [5.41, 5.74) is 0. The fourth-order valence-corrected chi connectivity index (χ4v) is 0. The van der Waals surface area contributed by atoms with Crippen LogP contribution in [0.5, 0.6) is 0 Å². The van der Waals surface area contributed by atoms with Crippen LogP contribution in [-0.2, 0) is 58.7 Å². The van der Waals surface area contributed by atoms with Crippen LogP contribution in [0.2, 0.25) is 0 Å². The standard InChI is InChI=1S/C3H3O.2Cu.W/c1-2-3-4;;;/h2H,1H2;;;. The molecule has 0 fully saturated rings. The van der Waals surface area contributed by atoms with Crippen molar-refractivity contribution < 1.29 is 58.7 Å². The zero-order chi connectivity index (χ0) is 4.28. The Morgan fingerprint density at radius 2 is 1.71 bits per heavy atom. The molecule has 0 spiro atoms. The van der Waals surface area contributed by atoms with Gasteiger partial charge in [-0.15, -0.1) is 0 Å². The van der Waals surface area contributed by atoms with Crippen LogP contribution < -0.4 is 0 Å². The first-order chi connectivity index (χ1) is 2.27. The number of hydrogen-bond acceptors (Lipinski definition) is 1. The Morgan fingerprint density at radius 1 is 1.57 bits per heavy atom. The molecule has 0 amide bonds. The predicted octanol–water partition coefficient (Wildman–Crippen LogP) is 0.241. The van der Waals surface area contributed by atoms with Crippen molar-refractivity contribution >= 4 is 4.17 Å². The van der Waals surface area contributed by atoms with Gasteiger partial charge in [-0.2, -0.15) is 0 Å². The first-order valence-electron chi connectivity index (χ1n) is 1.11. The molecule has 0 aromatic heterocycles. The van der Waals surface area contributed by atoms with Gasteiger partial charge in [-0.05, 0) is 0 Å². The minimum Gasteiger partial charge on any atom is 0 e. The molecular formula is C3H3Cu2OW. The molecule has 49 valence electrons. The van der Waals surface area contributed by atoms with Gasteiger partial charge in [-0.1, -0.05) is 0 Å². The summed E-state index contributed by atoms with van der Waals surface area (Å²) in [7, 11) is 0. The van der Waals surface area contributed by atoms with Gasteiger partial charge in [0, 0.05) is 34.1 Å². The third-order valence-electron chi connectivity index (χ3n) is 0.167. The van der Waals surface area contributed by atoms with Gasteiger partial charge >= 0.3 is 41.4 Å². The molecule has 0 rings (SSSR count). The van der Waals surface area contributed by atoms with E-state index in [2.05, 4.69) is 6.58 Å². The Labute approximate surface area is 75.2 Å². The Balaban J connectivity index is -0.0000000800. The van der Waals surface area contributed by atoms with Crippen molar-refractivity contribution in [3.63, 3.8) is 0 Å². The van der Waals surface area contributed by atoms with Crippen LogP contribution >= 0.6 is 0 Å². The number of allylic oxidation sites excluding steroid dienone is 1. The molecular weight excluding hydrogens is 363 g/mol. The van der Waals surface area contributed by atoms with Crippen LogP contribution in [0.4, 0.5) is 0 Å². The van der Waals surface area contributed by atoms with Gasteiger partial charge in [0.2, 0.25) is 0 Å². The van der Waals surface area contributed by atoms with E-state index in [-0.39, 0.29) is 38.3 Å². The number of carbonyl (C=O) groups excluding carboxylic acids is 1. The average molecular weight is 366 g/mol. The van der Waals surface area contributed by atoms with Gasteiger partial charge in [0.1, 0.15) is 0 Å². The van der Waals surface area contributed by atoms with Crippen LogP contribution in [0.25, 0.3) is 0 Å². The van der Waals surface area contributed by atoms with Crippen molar-refractivity contribution in [2.24, 2.45) is 0 Å². The molecule has 0 heterocycles. The van der Waals surface area contributed by atoms with E-state index in [0.717, 1.165) is 19.8 Å². The Hall–Kier alpha value is 1.14. The van der Waals surface area contributed by atoms with Crippen molar-refractivity contribution in [3.05, 3.63) is 12.7 Å². The molecule has 0 saturated carbocycles. The molecule has 0 aromatic rings. The van der Waals surface area contributed by atoms with Crippen LogP contribution in [0.1, 0.15) is 0 Å². The second-order valence-corrected chi connectivity index (χ2v) is 1.97. The average Bonchev–Trinajstić information content (AvgIpc) is 1.38. The summed E-state index contributed by atoms with van der Waals surface area (Å²) in [5.74, 6) is 0. The molecule has 0 aromatic carbocycles. The van der Waals surface area contributed by atoms with Gasteiger partial charge in [-0.25, -0.2) is 0 Å². The van der Waals surface area contributed by atoms with E-state index in [4.69, 9.17) is 0 Å². The number of carbonyl (C=O) groups is 1. The summed E-state index contributed by atoms with van der Waals surface area (Å²) in [6.45, 7) is 3.23. The van der Waals surface area contributed by atoms with Crippen LogP contribution in [0, 0.1) is 0 Å². The van der Waals surface area contributed by atoms with Gasteiger partial charge in [0.25, 0.3) is 0 Å². The molecule has 1 nitrogen and oxygen atoms in total. The Morgan fingerprint density at radius 3 is 1.71 bits per heavy atom. The summed E-state index contributed by atoms with van der Waals surface area (Å²) in [4.78, 5) is 9.73. The van der Waals surface area contributed by atoms with Crippen molar-refractivity contribution in [1.29, 1.82) is 0 Å². The summed E-state index contributed by atoms with van der Waals surface area (Å²) in [6.07, 6.45) is 1.31. The monoisotopic (exact) mass is 365 g/mol. The second kappa shape index (κ2) is 10.2. The molecule has 0 aliphatic heterocycles. The van der Waals surface area contributed by atoms with Gasteiger partial charge < -0.3 is 0 Å². The Bertz CT molecular complexity index is 64.0. The maximum absolute atomic E-state index is 9.73. The maximum atomic E-state index is 9.73. The predicted molar refractivity (Wildman–Crippen MR) is 15.2 cm³/mol. The zero-order valence-corrected chi connectivity index (χ0v) is 8.02. The molecule has 0 aliphatic carbocycles. The molecule has 0 N–H and O–H groups in total. The van der Waals surface area contributed by atoms with E-state index in [9.17, 15) is 4.79 Å². The molecule has 7 heavy (non-hydrogen) atoms. The van der Waals surface area contributed by atoms with Crippen molar-refractivity contribution in [2.45, 2.75) is 0 Å². The fourth-order valence-electron chi connectivity index (χ4n) is 0. The van der Waals surface area contributed by atoms with Gasteiger partial charge in [0.15, 0.2) is 0 Å². The van der Waals surface area contributed by atoms with E-state index in [1.54, 1.807) is 0 Å². The molecule has 4 heteroatoms. The maximum Gasteiger partial charge on any atom is 0 e. The molecule has 0 saturated heterocycles. The van der Waals surface area contributed by atoms with Crippen LogP contribution in [0.15, 0.2) is 12.7 Å². The first-order valence-corrected chi connectivity index (χ1v) is 2.57. The van der Waals surface area contributed by atoms with Crippen LogP contribution in [0.3, 0.4) is 0 Å². The Kier molecular flexibility index (Phi) is 22.9. The number of hydrogen-bond donors (Lipinski definition) is 0. The third-order valence-corrected chi connectivity index (χ3v) is 0.765. The van der Waals surface area contributed by atoms with Crippen LogP contribution in [-0.4, -0.2) is 4.17 Å². The third kappa shape index (κ3) is 19.1. The quantitative estimate of drug-likeness (QED) is 0.480. The minimum absolute atomic E-state index is 0. The normalized spacial score (nSPS) is 4.57. The zero-order valence-electron chi connectivity index (χ0n) is 3.20. The van der Waals surface area contributed by atoms with E-state index < -0.39 is 0 Å². The van der Waals surface area contributed by atoms with Gasteiger partial charge in [0.05, 0.1) is 0 Å². The van der Waals surface area contributed by atoms with Crippen molar-refractivity contribution in [3.8, 4) is 0 Å². The topological polar surface area (TPSA) is 17.1 Å². The number of rotatable bonds is 1. The van der Waals surface area contributed by atoms with Crippen molar-refractivity contribution in [2.75, 3.05) is 0 Å². The summed E-state index contributed by atoms with van der Waals surface area (Å²) in [5, 5.41) is 0. The molecule has 0 atom stereocenters. The van der Waals surface area contributed by atoms with E-state index in [1.807, 2.05) is 0 Å². The largest absolute Gasteiger partial charge is 0 e. The molecule has 0 unspecified atom stereocenters. The fraction of sp³-hybridized carbons (Fsp3) is 0. The first kappa shape index (κ1) is 15.7.